The molecule has 0 unspecified atom stereocenters. The van der Waals surface area contributed by atoms with Crippen molar-refractivity contribution >= 4 is 29.9 Å². The SMILES string of the molecule is Cc1cc(C(=O)N2CC[C@@H]3CNC[C@@H]3CC2)ccc1NC(=O)CC(C)C.Cl. The molecule has 3 rings (SSSR count). The molecule has 2 heterocycles. The molecule has 0 aliphatic carbocycles. The van der Waals surface area contributed by atoms with E-state index in [4.69, 9.17) is 0 Å². The van der Waals surface area contributed by atoms with E-state index >= 15 is 0 Å². The molecule has 150 valence electrons. The van der Waals surface area contributed by atoms with E-state index in [2.05, 4.69) is 10.6 Å². The number of hydrogen-bond acceptors (Lipinski definition) is 3. The number of rotatable bonds is 4. The van der Waals surface area contributed by atoms with Crippen LogP contribution in [0.5, 0.6) is 0 Å². The number of carbonyl (C=O) groups excluding carboxylic acids is 2. The number of hydrogen-bond donors (Lipinski definition) is 2. The van der Waals surface area contributed by atoms with Gasteiger partial charge in [-0.15, -0.1) is 12.4 Å². The summed E-state index contributed by atoms with van der Waals surface area (Å²) in [6, 6.07) is 5.60. The number of nitrogens with zero attached hydrogens (tertiary/aromatic N) is 1. The molecule has 2 aliphatic heterocycles. The Morgan fingerprint density at radius 1 is 1.19 bits per heavy atom. The van der Waals surface area contributed by atoms with Crippen molar-refractivity contribution < 1.29 is 9.59 Å². The Morgan fingerprint density at radius 3 is 2.37 bits per heavy atom. The molecule has 2 fully saturated rings. The van der Waals surface area contributed by atoms with Crippen LogP contribution in [0.25, 0.3) is 0 Å². The van der Waals surface area contributed by atoms with E-state index in [1.807, 2.05) is 43.9 Å². The number of nitrogens with one attached hydrogen (secondary N) is 2. The summed E-state index contributed by atoms with van der Waals surface area (Å²) >= 11 is 0. The van der Waals surface area contributed by atoms with Gasteiger partial charge in [-0.2, -0.15) is 0 Å². The molecule has 2 N–H and O–H groups in total. The molecule has 0 saturated carbocycles. The molecule has 2 saturated heterocycles. The fraction of sp³-hybridized carbons (Fsp3) is 0.619. The fourth-order valence-corrected chi connectivity index (χ4v) is 4.11. The first-order chi connectivity index (χ1) is 12.4. The van der Waals surface area contributed by atoms with Gasteiger partial charge in [-0.25, -0.2) is 0 Å². The minimum atomic E-state index is 0. The number of amides is 2. The second-order valence-electron chi connectivity index (χ2n) is 8.22. The number of benzene rings is 1. The topological polar surface area (TPSA) is 61.4 Å². The summed E-state index contributed by atoms with van der Waals surface area (Å²) in [6.07, 6.45) is 2.68. The second-order valence-corrected chi connectivity index (χ2v) is 8.22. The quantitative estimate of drug-likeness (QED) is 0.823. The van der Waals surface area contributed by atoms with E-state index < -0.39 is 0 Å². The largest absolute Gasteiger partial charge is 0.339 e. The van der Waals surface area contributed by atoms with Crippen LogP contribution in [0.1, 0.15) is 49.0 Å². The zero-order valence-electron chi connectivity index (χ0n) is 16.6. The predicted molar refractivity (Wildman–Crippen MR) is 111 cm³/mol. The van der Waals surface area contributed by atoms with E-state index in [0.29, 0.717) is 24.2 Å². The minimum Gasteiger partial charge on any atom is -0.339 e. The summed E-state index contributed by atoms with van der Waals surface area (Å²) in [5, 5.41) is 6.42. The molecule has 5 nitrogen and oxygen atoms in total. The molecular formula is C21H32ClN3O2. The first-order valence-electron chi connectivity index (χ1n) is 9.84. The van der Waals surface area contributed by atoms with Crippen molar-refractivity contribution in [3.05, 3.63) is 29.3 Å². The number of halogens is 1. The summed E-state index contributed by atoms with van der Waals surface area (Å²) in [6.45, 7) is 9.87. The Balaban J connectivity index is 0.00000261. The van der Waals surface area contributed by atoms with Gasteiger partial charge >= 0.3 is 0 Å². The van der Waals surface area contributed by atoms with Gasteiger partial charge in [-0.05, 0) is 74.4 Å². The molecule has 0 radical (unpaired) electrons. The van der Waals surface area contributed by atoms with Crippen molar-refractivity contribution in [1.29, 1.82) is 0 Å². The van der Waals surface area contributed by atoms with Crippen LogP contribution >= 0.6 is 12.4 Å². The zero-order valence-corrected chi connectivity index (χ0v) is 17.4. The molecule has 27 heavy (non-hydrogen) atoms. The van der Waals surface area contributed by atoms with Crippen LogP contribution in [0.2, 0.25) is 0 Å². The van der Waals surface area contributed by atoms with E-state index in [-0.39, 0.29) is 24.2 Å². The molecule has 1 aromatic carbocycles. The van der Waals surface area contributed by atoms with Gasteiger partial charge < -0.3 is 15.5 Å². The molecule has 0 spiro atoms. The molecule has 0 bridgehead atoms. The van der Waals surface area contributed by atoms with Gasteiger partial charge in [0, 0.05) is 30.8 Å². The van der Waals surface area contributed by atoms with Crippen LogP contribution in [0.3, 0.4) is 0 Å². The number of likely N-dealkylation sites (tertiary alicyclic amines) is 1. The fourth-order valence-electron chi connectivity index (χ4n) is 4.11. The van der Waals surface area contributed by atoms with Crippen molar-refractivity contribution in [1.82, 2.24) is 10.2 Å². The molecule has 2 aliphatic rings. The number of fused-ring (bicyclic) bond motifs is 1. The van der Waals surface area contributed by atoms with E-state index in [0.717, 1.165) is 55.8 Å². The summed E-state index contributed by atoms with van der Waals surface area (Å²) in [7, 11) is 0. The average Bonchev–Trinajstić information content (AvgIpc) is 2.94. The minimum absolute atomic E-state index is 0. The lowest BCUT2D eigenvalue weighted by Crippen LogP contribution is -2.32. The Hall–Kier alpha value is -1.59. The van der Waals surface area contributed by atoms with Gasteiger partial charge in [0.1, 0.15) is 0 Å². The molecule has 2 amide bonds. The van der Waals surface area contributed by atoms with Gasteiger partial charge in [0.15, 0.2) is 0 Å². The van der Waals surface area contributed by atoms with Gasteiger partial charge in [0.2, 0.25) is 5.91 Å². The van der Waals surface area contributed by atoms with Crippen LogP contribution in [0, 0.1) is 24.7 Å². The van der Waals surface area contributed by atoms with E-state index in [1.54, 1.807) is 0 Å². The Bertz CT molecular complexity index is 663. The highest BCUT2D eigenvalue weighted by molar-refractivity contribution is 5.96. The van der Waals surface area contributed by atoms with Crippen LogP contribution < -0.4 is 10.6 Å². The van der Waals surface area contributed by atoms with E-state index in [9.17, 15) is 9.59 Å². The maximum absolute atomic E-state index is 12.9. The normalized spacial score (nSPS) is 22.0. The Morgan fingerprint density at radius 2 is 1.81 bits per heavy atom. The maximum Gasteiger partial charge on any atom is 0.253 e. The van der Waals surface area contributed by atoms with Crippen LogP contribution in [0.15, 0.2) is 18.2 Å². The van der Waals surface area contributed by atoms with Gasteiger partial charge in [-0.1, -0.05) is 13.8 Å². The molecule has 6 heteroatoms. The first-order valence-corrected chi connectivity index (χ1v) is 9.84. The van der Waals surface area contributed by atoms with Crippen LogP contribution in [-0.4, -0.2) is 42.9 Å². The monoisotopic (exact) mass is 393 g/mol. The second kappa shape index (κ2) is 9.56. The van der Waals surface area contributed by atoms with Gasteiger partial charge in [-0.3, -0.25) is 9.59 Å². The standard InChI is InChI=1S/C21H31N3O2.ClH/c1-14(2)10-20(25)23-19-5-4-16(11-15(19)3)21(26)24-8-6-17-12-22-13-18(17)7-9-24;/h4-5,11,14,17-18,22H,6-10,12-13H2,1-3H3,(H,23,25);1H/t17-,18+;. The lowest BCUT2D eigenvalue weighted by Gasteiger charge is -2.21. The lowest BCUT2D eigenvalue weighted by molar-refractivity contribution is -0.116. The summed E-state index contributed by atoms with van der Waals surface area (Å²) in [4.78, 5) is 26.9. The Kier molecular flexibility index (Phi) is 7.68. The first kappa shape index (κ1) is 21.7. The third kappa shape index (κ3) is 5.45. The smallest absolute Gasteiger partial charge is 0.253 e. The highest BCUT2D eigenvalue weighted by Crippen LogP contribution is 2.28. The zero-order chi connectivity index (χ0) is 18.7. The summed E-state index contributed by atoms with van der Waals surface area (Å²) in [5.41, 5.74) is 2.45. The highest BCUT2D eigenvalue weighted by atomic mass is 35.5. The molecule has 2 atom stereocenters. The van der Waals surface area contributed by atoms with Crippen molar-refractivity contribution in [3.8, 4) is 0 Å². The molecular weight excluding hydrogens is 362 g/mol. The highest BCUT2D eigenvalue weighted by Gasteiger charge is 2.31. The van der Waals surface area contributed by atoms with E-state index in [1.165, 1.54) is 0 Å². The number of anilines is 1. The third-order valence-electron chi connectivity index (χ3n) is 5.65. The van der Waals surface area contributed by atoms with Crippen LogP contribution in [-0.2, 0) is 4.79 Å². The maximum atomic E-state index is 12.9. The summed E-state index contributed by atoms with van der Waals surface area (Å²) in [5.74, 6) is 1.89. The van der Waals surface area contributed by atoms with Gasteiger partial charge in [0.05, 0.1) is 0 Å². The predicted octanol–water partition coefficient (Wildman–Crippen LogP) is 3.47. The van der Waals surface area contributed by atoms with Crippen molar-refractivity contribution in [2.24, 2.45) is 17.8 Å². The van der Waals surface area contributed by atoms with Crippen LogP contribution in [0.4, 0.5) is 5.69 Å². The van der Waals surface area contributed by atoms with Crippen molar-refractivity contribution in [2.75, 3.05) is 31.5 Å². The van der Waals surface area contributed by atoms with Crippen molar-refractivity contribution in [2.45, 2.75) is 40.0 Å². The summed E-state index contributed by atoms with van der Waals surface area (Å²) < 4.78 is 0. The Labute approximate surface area is 168 Å². The van der Waals surface area contributed by atoms with Gasteiger partial charge in [0.25, 0.3) is 5.91 Å². The lowest BCUT2D eigenvalue weighted by atomic mass is 9.92. The molecule has 0 aromatic heterocycles. The average molecular weight is 394 g/mol. The third-order valence-corrected chi connectivity index (χ3v) is 5.65. The number of carbonyl (C=O) groups is 2. The van der Waals surface area contributed by atoms with Crippen molar-refractivity contribution in [3.63, 3.8) is 0 Å². The molecule has 1 aromatic rings. The number of aryl methyl sites for hydroxylation is 1.